The molecule has 0 radical (unpaired) electrons. The molecule has 0 aliphatic rings. The molecule has 6 heteroatoms. The summed E-state index contributed by atoms with van der Waals surface area (Å²) in [5.41, 5.74) is 4.00. The fraction of sp³-hybridized carbons (Fsp3) is 0.267. The van der Waals surface area contributed by atoms with Crippen LogP contribution in [0.25, 0.3) is 22.2 Å². The van der Waals surface area contributed by atoms with Crippen molar-refractivity contribution < 1.29 is 14.2 Å². The third kappa shape index (κ3) is 5.21. The van der Waals surface area contributed by atoms with Crippen LogP contribution in [0.2, 0.25) is 0 Å². The Balaban J connectivity index is 1.85. The lowest BCUT2D eigenvalue weighted by atomic mass is 9.99. The van der Waals surface area contributed by atoms with E-state index in [2.05, 4.69) is 36.9 Å². The highest BCUT2D eigenvalue weighted by atomic mass is 16.5. The average molecular weight is 483 g/mol. The van der Waals surface area contributed by atoms with Crippen molar-refractivity contribution in [3.63, 3.8) is 0 Å². The van der Waals surface area contributed by atoms with Gasteiger partial charge >= 0.3 is 5.69 Å². The largest absolute Gasteiger partial charge is 0.493 e. The second-order valence-electron chi connectivity index (χ2n) is 8.70. The van der Waals surface area contributed by atoms with Crippen LogP contribution < -0.4 is 19.9 Å². The minimum absolute atomic E-state index is 0.156. The third-order valence-electron chi connectivity index (χ3n) is 5.99. The minimum atomic E-state index is -0.337. The monoisotopic (exact) mass is 482 g/mol. The Hall–Kier alpha value is -4.24. The Morgan fingerprint density at radius 2 is 1.78 bits per heavy atom. The van der Waals surface area contributed by atoms with Crippen molar-refractivity contribution in [2.45, 2.75) is 33.2 Å². The molecule has 6 nitrogen and oxygen atoms in total. The van der Waals surface area contributed by atoms with Crippen LogP contribution >= 0.6 is 0 Å². The van der Waals surface area contributed by atoms with Gasteiger partial charge in [0.15, 0.2) is 11.5 Å². The standard InChI is InChI=1S/C30H30N2O4/c1-6-16-36-24-13-14-26-25(18-24)29(23-11-9-22(10-12-23)20(3)4)31-30(33)32(26)19-21-8-15-27(34-5)28(17-21)35-7-2/h1,8-15,17-18,20H,7,16,19H2,2-5H3. The van der Waals surface area contributed by atoms with E-state index in [1.54, 1.807) is 11.7 Å². The Morgan fingerprint density at radius 1 is 1.00 bits per heavy atom. The smallest absolute Gasteiger partial charge is 0.348 e. The Morgan fingerprint density at radius 3 is 2.44 bits per heavy atom. The second-order valence-corrected chi connectivity index (χ2v) is 8.70. The maximum atomic E-state index is 13.3. The molecule has 0 saturated carbocycles. The van der Waals surface area contributed by atoms with E-state index in [1.807, 2.05) is 55.5 Å². The van der Waals surface area contributed by atoms with E-state index >= 15 is 0 Å². The molecular formula is C30H30N2O4. The lowest BCUT2D eigenvalue weighted by Crippen LogP contribution is -2.24. The van der Waals surface area contributed by atoms with Crippen molar-refractivity contribution >= 4 is 10.9 Å². The second kappa shape index (κ2) is 11.0. The highest BCUT2D eigenvalue weighted by Gasteiger charge is 2.15. The molecule has 0 amide bonds. The number of fused-ring (bicyclic) bond motifs is 1. The number of ether oxygens (including phenoxy) is 3. The predicted octanol–water partition coefficient (Wildman–Crippen LogP) is 5.65. The molecule has 4 aromatic rings. The topological polar surface area (TPSA) is 62.6 Å². The van der Waals surface area contributed by atoms with Crippen LogP contribution in [-0.2, 0) is 6.54 Å². The van der Waals surface area contributed by atoms with Crippen LogP contribution in [0.15, 0.2) is 65.5 Å². The minimum Gasteiger partial charge on any atom is -0.493 e. The fourth-order valence-corrected chi connectivity index (χ4v) is 4.14. The summed E-state index contributed by atoms with van der Waals surface area (Å²) in [6.45, 7) is 7.20. The lowest BCUT2D eigenvalue weighted by Gasteiger charge is -2.16. The third-order valence-corrected chi connectivity index (χ3v) is 5.99. The molecule has 0 saturated heterocycles. The van der Waals surface area contributed by atoms with Crippen molar-refractivity contribution in [2.75, 3.05) is 20.3 Å². The van der Waals surface area contributed by atoms with Crippen LogP contribution in [0.5, 0.6) is 17.2 Å². The van der Waals surface area contributed by atoms with Crippen LogP contribution in [0, 0.1) is 12.3 Å². The van der Waals surface area contributed by atoms with Crippen molar-refractivity contribution in [1.82, 2.24) is 9.55 Å². The van der Waals surface area contributed by atoms with Crippen LogP contribution in [-0.4, -0.2) is 29.9 Å². The maximum Gasteiger partial charge on any atom is 0.348 e. The van der Waals surface area contributed by atoms with Crippen molar-refractivity contribution in [2.24, 2.45) is 0 Å². The molecular weight excluding hydrogens is 452 g/mol. The van der Waals surface area contributed by atoms with Gasteiger partial charge in [0.1, 0.15) is 12.4 Å². The maximum absolute atomic E-state index is 13.3. The Labute approximate surface area is 211 Å². The summed E-state index contributed by atoms with van der Waals surface area (Å²) in [5, 5.41) is 0.806. The first-order chi connectivity index (χ1) is 17.4. The molecule has 4 rings (SSSR count). The number of methoxy groups -OCH3 is 1. The first-order valence-corrected chi connectivity index (χ1v) is 12.0. The quantitative estimate of drug-likeness (QED) is 0.288. The van der Waals surface area contributed by atoms with Gasteiger partial charge in [-0.05, 0) is 54.3 Å². The van der Waals surface area contributed by atoms with Gasteiger partial charge in [0.25, 0.3) is 0 Å². The van der Waals surface area contributed by atoms with E-state index in [9.17, 15) is 4.79 Å². The average Bonchev–Trinajstić information content (AvgIpc) is 2.89. The number of terminal acetylenes is 1. The van der Waals surface area contributed by atoms with E-state index < -0.39 is 0 Å². The van der Waals surface area contributed by atoms with Gasteiger partial charge < -0.3 is 14.2 Å². The van der Waals surface area contributed by atoms with Gasteiger partial charge in [-0.1, -0.05) is 50.1 Å². The first-order valence-electron chi connectivity index (χ1n) is 12.0. The summed E-state index contributed by atoms with van der Waals surface area (Å²) in [4.78, 5) is 17.8. The number of aromatic nitrogens is 2. The summed E-state index contributed by atoms with van der Waals surface area (Å²) in [7, 11) is 1.60. The zero-order valence-corrected chi connectivity index (χ0v) is 21.1. The molecule has 0 N–H and O–H groups in total. The summed E-state index contributed by atoms with van der Waals surface area (Å²) in [6.07, 6.45) is 5.38. The molecule has 0 bridgehead atoms. The number of nitrogens with zero attached hydrogens (tertiary/aromatic N) is 2. The van der Waals surface area contributed by atoms with E-state index in [4.69, 9.17) is 20.6 Å². The molecule has 1 aromatic heterocycles. The molecule has 0 atom stereocenters. The van der Waals surface area contributed by atoms with Gasteiger partial charge in [0, 0.05) is 10.9 Å². The molecule has 1 heterocycles. The van der Waals surface area contributed by atoms with Gasteiger partial charge in [-0.2, -0.15) is 4.98 Å². The highest BCUT2D eigenvalue weighted by molar-refractivity contribution is 5.93. The number of benzene rings is 3. The van der Waals surface area contributed by atoms with E-state index in [-0.39, 0.29) is 12.3 Å². The van der Waals surface area contributed by atoms with Gasteiger partial charge in [-0.15, -0.1) is 6.42 Å². The van der Waals surface area contributed by atoms with E-state index in [0.29, 0.717) is 42.0 Å². The highest BCUT2D eigenvalue weighted by Crippen LogP contribution is 2.31. The number of hydrogen-bond acceptors (Lipinski definition) is 5. The van der Waals surface area contributed by atoms with Crippen LogP contribution in [0.3, 0.4) is 0 Å². The normalized spacial score (nSPS) is 10.9. The SMILES string of the molecule is C#CCOc1ccc2c(c1)c(-c1ccc(C(C)C)cc1)nc(=O)n2Cc1ccc(OC)c(OCC)c1. The van der Waals surface area contributed by atoms with Crippen molar-refractivity contribution in [1.29, 1.82) is 0 Å². The summed E-state index contributed by atoms with van der Waals surface area (Å²) in [6, 6.07) is 19.4. The van der Waals surface area contributed by atoms with Crippen LogP contribution in [0.4, 0.5) is 0 Å². The number of rotatable bonds is 9. The lowest BCUT2D eigenvalue weighted by molar-refractivity contribution is 0.310. The summed E-state index contributed by atoms with van der Waals surface area (Å²) < 4.78 is 18.5. The van der Waals surface area contributed by atoms with Crippen LogP contribution in [0.1, 0.15) is 37.8 Å². The Bertz CT molecular complexity index is 1460. The van der Waals surface area contributed by atoms with Crippen molar-refractivity contribution in [3.8, 4) is 40.8 Å². The molecule has 0 unspecified atom stereocenters. The molecule has 184 valence electrons. The molecule has 0 aliphatic carbocycles. The first kappa shape index (κ1) is 24.9. The Kier molecular flexibility index (Phi) is 7.60. The fourth-order valence-electron chi connectivity index (χ4n) is 4.14. The van der Waals surface area contributed by atoms with Gasteiger partial charge in [0.05, 0.1) is 31.5 Å². The number of hydrogen-bond donors (Lipinski definition) is 0. The van der Waals surface area contributed by atoms with Gasteiger partial charge in [-0.25, -0.2) is 4.79 Å². The zero-order valence-electron chi connectivity index (χ0n) is 21.1. The predicted molar refractivity (Wildman–Crippen MR) is 143 cm³/mol. The molecule has 0 spiro atoms. The zero-order chi connectivity index (χ0) is 25.7. The summed E-state index contributed by atoms with van der Waals surface area (Å²) >= 11 is 0. The van der Waals surface area contributed by atoms with E-state index in [0.717, 1.165) is 22.0 Å². The molecule has 3 aromatic carbocycles. The molecule has 0 aliphatic heterocycles. The van der Waals surface area contributed by atoms with Gasteiger partial charge in [0.2, 0.25) is 0 Å². The molecule has 36 heavy (non-hydrogen) atoms. The van der Waals surface area contributed by atoms with Crippen molar-refractivity contribution in [3.05, 3.63) is 82.3 Å². The van der Waals surface area contributed by atoms with Gasteiger partial charge in [-0.3, -0.25) is 4.57 Å². The molecule has 0 fully saturated rings. The van der Waals surface area contributed by atoms with E-state index in [1.165, 1.54) is 5.56 Å². The summed E-state index contributed by atoms with van der Waals surface area (Å²) in [5.74, 6) is 4.80.